The van der Waals surface area contributed by atoms with Crippen molar-refractivity contribution >= 4 is 62.6 Å². The normalized spacial score (nSPS) is 11.4. The van der Waals surface area contributed by atoms with E-state index in [1.54, 1.807) is 48.5 Å². The summed E-state index contributed by atoms with van der Waals surface area (Å²) in [7, 11) is -4.11. The third-order valence-corrected chi connectivity index (χ3v) is 7.79. The molecule has 0 bridgehead atoms. The molecule has 0 fully saturated rings. The van der Waals surface area contributed by atoms with E-state index in [-0.39, 0.29) is 20.6 Å². The summed E-state index contributed by atoms with van der Waals surface area (Å²) in [6.45, 7) is -0.189. The van der Waals surface area contributed by atoms with Gasteiger partial charge in [0, 0.05) is 15.1 Å². The molecule has 4 aromatic carbocycles. The number of benzene rings is 4. The highest BCUT2D eigenvalue weighted by Crippen LogP contribution is 2.29. The van der Waals surface area contributed by atoms with Crippen LogP contribution in [0.15, 0.2) is 107 Å². The zero-order valence-electron chi connectivity index (χ0n) is 20.3. The Kier molecular flexibility index (Phi) is 9.48. The average molecular weight is 603 g/mol. The van der Waals surface area contributed by atoms with E-state index < -0.39 is 22.5 Å². The van der Waals surface area contributed by atoms with E-state index in [2.05, 4.69) is 10.5 Å². The summed E-state index contributed by atoms with van der Waals surface area (Å²) in [6.07, 6.45) is 1.44. The van der Waals surface area contributed by atoms with Crippen molar-refractivity contribution < 1.29 is 17.9 Å². The summed E-state index contributed by atoms with van der Waals surface area (Å²) in [5, 5.41) is 5.05. The Morgan fingerprint density at radius 3 is 2.21 bits per heavy atom. The zero-order valence-corrected chi connectivity index (χ0v) is 23.4. The molecule has 0 saturated carbocycles. The highest BCUT2D eigenvalue weighted by molar-refractivity contribution is 7.92. The van der Waals surface area contributed by atoms with E-state index in [1.807, 2.05) is 18.2 Å². The number of nitrogens with one attached hydrogen (secondary N) is 1. The van der Waals surface area contributed by atoms with Crippen LogP contribution in [0.5, 0.6) is 5.75 Å². The third kappa shape index (κ3) is 7.97. The average Bonchev–Trinajstić information content (AvgIpc) is 2.91. The van der Waals surface area contributed by atoms with Crippen LogP contribution in [0, 0.1) is 0 Å². The van der Waals surface area contributed by atoms with Gasteiger partial charge in [-0.2, -0.15) is 5.10 Å². The molecule has 0 radical (unpaired) electrons. The number of hydrogen-bond donors (Lipinski definition) is 1. The highest BCUT2D eigenvalue weighted by atomic mass is 35.5. The summed E-state index contributed by atoms with van der Waals surface area (Å²) in [5.41, 5.74) is 4.15. The van der Waals surface area contributed by atoms with Crippen molar-refractivity contribution in [3.05, 3.63) is 123 Å². The van der Waals surface area contributed by atoms with Gasteiger partial charge in [-0.05, 0) is 77.9 Å². The molecule has 7 nitrogen and oxygen atoms in total. The maximum Gasteiger partial charge on any atom is 0.264 e. The zero-order chi connectivity index (χ0) is 27.8. The first-order chi connectivity index (χ1) is 18.7. The molecule has 200 valence electrons. The standard InChI is InChI=1S/C28H22Cl3N3O4S/c29-22-6-4-5-21(13-22)19-38-26-11-9-20(10-12-26)17-32-33-28(35)18-34(25-15-23(30)14-24(31)16-25)39(36,37)27-7-2-1-3-8-27/h1-17H,18-19H2,(H,33,35)/b32-17-. The number of carbonyl (C=O) groups is 1. The van der Waals surface area contributed by atoms with Crippen molar-refractivity contribution in [3.8, 4) is 5.75 Å². The molecule has 1 N–H and O–H groups in total. The van der Waals surface area contributed by atoms with Gasteiger partial charge in [0.1, 0.15) is 18.9 Å². The van der Waals surface area contributed by atoms with E-state index in [9.17, 15) is 13.2 Å². The third-order valence-electron chi connectivity index (χ3n) is 5.33. The maximum absolute atomic E-state index is 13.4. The molecule has 39 heavy (non-hydrogen) atoms. The van der Waals surface area contributed by atoms with Crippen LogP contribution in [0.3, 0.4) is 0 Å². The quantitative estimate of drug-likeness (QED) is 0.164. The molecule has 0 aliphatic heterocycles. The number of amides is 1. The molecule has 0 aromatic heterocycles. The van der Waals surface area contributed by atoms with Crippen LogP contribution < -0.4 is 14.5 Å². The first-order valence-corrected chi connectivity index (χ1v) is 14.1. The number of ether oxygens (including phenoxy) is 1. The second kappa shape index (κ2) is 13.0. The van der Waals surface area contributed by atoms with Gasteiger partial charge in [-0.3, -0.25) is 9.10 Å². The largest absolute Gasteiger partial charge is 0.489 e. The Morgan fingerprint density at radius 1 is 0.846 bits per heavy atom. The number of carbonyl (C=O) groups excluding carboxylic acids is 1. The van der Waals surface area contributed by atoms with Gasteiger partial charge in [-0.15, -0.1) is 0 Å². The molecular weight excluding hydrogens is 581 g/mol. The molecule has 1 amide bonds. The number of nitrogens with zero attached hydrogens (tertiary/aromatic N) is 2. The fraction of sp³-hybridized carbons (Fsp3) is 0.0714. The Balaban J connectivity index is 1.42. The van der Waals surface area contributed by atoms with Gasteiger partial charge in [-0.25, -0.2) is 13.8 Å². The molecule has 0 heterocycles. The number of halogens is 3. The molecular formula is C28H22Cl3N3O4S. The van der Waals surface area contributed by atoms with Gasteiger partial charge in [0.25, 0.3) is 15.9 Å². The van der Waals surface area contributed by atoms with Crippen LogP contribution in [0.25, 0.3) is 0 Å². The molecule has 0 aliphatic rings. The van der Waals surface area contributed by atoms with Crippen molar-refractivity contribution in [2.75, 3.05) is 10.8 Å². The first-order valence-electron chi connectivity index (χ1n) is 11.5. The van der Waals surface area contributed by atoms with Gasteiger partial charge >= 0.3 is 0 Å². The van der Waals surface area contributed by atoms with Crippen LogP contribution in [0.2, 0.25) is 15.1 Å². The summed E-state index contributed by atoms with van der Waals surface area (Å²) < 4.78 is 33.5. The van der Waals surface area contributed by atoms with Gasteiger partial charge in [-0.1, -0.05) is 65.1 Å². The Morgan fingerprint density at radius 2 is 1.54 bits per heavy atom. The SMILES string of the molecule is O=C(CN(c1cc(Cl)cc(Cl)c1)S(=O)(=O)c1ccccc1)N/N=C\c1ccc(OCc2cccc(Cl)c2)cc1. The van der Waals surface area contributed by atoms with Crippen molar-refractivity contribution in [3.63, 3.8) is 0 Å². The number of hydrogen-bond acceptors (Lipinski definition) is 5. The maximum atomic E-state index is 13.4. The molecule has 0 unspecified atom stereocenters. The molecule has 11 heteroatoms. The number of anilines is 1. The molecule has 4 rings (SSSR count). The van der Waals surface area contributed by atoms with E-state index >= 15 is 0 Å². The summed E-state index contributed by atoms with van der Waals surface area (Å²) in [5.74, 6) is -0.0126. The predicted octanol–water partition coefficient (Wildman–Crippen LogP) is 6.57. The second-order valence-electron chi connectivity index (χ2n) is 8.23. The molecule has 0 saturated heterocycles. The first kappa shape index (κ1) is 28.4. The van der Waals surface area contributed by atoms with Crippen LogP contribution in [-0.4, -0.2) is 27.1 Å². The van der Waals surface area contributed by atoms with Gasteiger partial charge in [0.2, 0.25) is 0 Å². The lowest BCUT2D eigenvalue weighted by molar-refractivity contribution is -0.119. The topological polar surface area (TPSA) is 88.1 Å². The smallest absolute Gasteiger partial charge is 0.264 e. The number of sulfonamides is 1. The number of rotatable bonds is 10. The molecule has 4 aromatic rings. The van der Waals surface area contributed by atoms with E-state index in [0.29, 0.717) is 22.9 Å². The van der Waals surface area contributed by atoms with Gasteiger partial charge in [0.15, 0.2) is 0 Å². The Hall–Kier alpha value is -3.56. The van der Waals surface area contributed by atoms with Crippen LogP contribution in [0.1, 0.15) is 11.1 Å². The summed E-state index contributed by atoms with van der Waals surface area (Å²) in [6, 6.07) is 26.5. The van der Waals surface area contributed by atoms with Crippen molar-refractivity contribution in [1.82, 2.24) is 5.43 Å². The minimum absolute atomic E-state index is 0.00932. The predicted molar refractivity (Wildman–Crippen MR) is 155 cm³/mol. The van der Waals surface area contributed by atoms with E-state index in [1.165, 1.54) is 36.5 Å². The lowest BCUT2D eigenvalue weighted by Crippen LogP contribution is -2.39. The summed E-state index contributed by atoms with van der Waals surface area (Å²) >= 11 is 18.2. The lowest BCUT2D eigenvalue weighted by atomic mass is 10.2. The van der Waals surface area contributed by atoms with Gasteiger partial charge in [0.05, 0.1) is 16.8 Å². The van der Waals surface area contributed by atoms with Crippen molar-refractivity contribution in [1.29, 1.82) is 0 Å². The van der Waals surface area contributed by atoms with Crippen molar-refractivity contribution in [2.24, 2.45) is 5.10 Å². The minimum Gasteiger partial charge on any atom is -0.489 e. The van der Waals surface area contributed by atoms with Gasteiger partial charge < -0.3 is 4.74 Å². The molecule has 0 atom stereocenters. The van der Waals surface area contributed by atoms with Crippen LogP contribution in [-0.2, 0) is 21.4 Å². The fourth-order valence-electron chi connectivity index (χ4n) is 3.51. The fourth-order valence-corrected chi connectivity index (χ4v) is 5.66. The van der Waals surface area contributed by atoms with E-state index in [0.717, 1.165) is 9.87 Å². The lowest BCUT2D eigenvalue weighted by Gasteiger charge is -2.24. The Bertz CT molecular complexity index is 1560. The monoisotopic (exact) mass is 601 g/mol. The minimum atomic E-state index is -4.11. The summed E-state index contributed by atoms with van der Waals surface area (Å²) in [4.78, 5) is 12.7. The van der Waals surface area contributed by atoms with E-state index in [4.69, 9.17) is 39.5 Å². The van der Waals surface area contributed by atoms with Crippen molar-refractivity contribution in [2.45, 2.75) is 11.5 Å². The highest BCUT2D eigenvalue weighted by Gasteiger charge is 2.27. The molecule has 0 aliphatic carbocycles. The molecule has 0 spiro atoms. The number of hydrazone groups is 1. The van der Waals surface area contributed by atoms with Crippen LogP contribution >= 0.6 is 34.8 Å². The Labute approximate surface area is 241 Å². The second-order valence-corrected chi connectivity index (χ2v) is 11.4. The van der Waals surface area contributed by atoms with Crippen LogP contribution in [0.4, 0.5) is 5.69 Å².